The Morgan fingerprint density at radius 3 is 2.38 bits per heavy atom. The number of methoxy groups -OCH3 is 1. The van der Waals surface area contributed by atoms with Crippen molar-refractivity contribution >= 4 is 29.3 Å². The highest BCUT2D eigenvalue weighted by Gasteiger charge is 2.68. The van der Waals surface area contributed by atoms with Gasteiger partial charge in [0, 0.05) is 18.5 Å². The number of carbonyl (C=O) groups excluding carboxylic acids is 4. The second-order valence-electron chi connectivity index (χ2n) is 10.6. The maximum atomic E-state index is 14.3. The van der Waals surface area contributed by atoms with E-state index in [1.54, 1.807) is 49.4 Å². The maximum Gasteiger partial charge on any atom is 0.241 e. The third-order valence-corrected chi connectivity index (χ3v) is 9.06. The number of amides is 4. The zero-order valence-electron chi connectivity index (χ0n) is 20.9. The van der Waals surface area contributed by atoms with Gasteiger partial charge in [0.1, 0.15) is 11.5 Å². The SMILES string of the molecule is COc1cccc(O)c1[C@H]1C2=CC[C@@H]3C(=O)N(C)C(=O)[C@@H]3[C@@H]2C[C@H]2C(=O)N(c3ccccc3)C(=O)[C@@]12C. The second-order valence-corrected chi connectivity index (χ2v) is 10.6. The molecule has 8 nitrogen and oxygen atoms in total. The first-order valence-corrected chi connectivity index (χ1v) is 12.5. The number of carbonyl (C=O) groups is 4. The summed E-state index contributed by atoms with van der Waals surface area (Å²) in [6.45, 7) is 1.79. The fraction of sp³-hybridized carbons (Fsp3) is 0.379. The summed E-state index contributed by atoms with van der Waals surface area (Å²) in [6, 6.07) is 13.7. The van der Waals surface area contributed by atoms with Crippen LogP contribution in [0.1, 0.15) is 31.2 Å². The number of allylic oxidation sites excluding steroid dienone is 2. The lowest BCUT2D eigenvalue weighted by Crippen LogP contribution is -2.49. The van der Waals surface area contributed by atoms with Crippen LogP contribution < -0.4 is 9.64 Å². The lowest BCUT2D eigenvalue weighted by atomic mass is 9.51. The van der Waals surface area contributed by atoms with Crippen LogP contribution in [0.2, 0.25) is 0 Å². The van der Waals surface area contributed by atoms with E-state index in [9.17, 15) is 24.3 Å². The van der Waals surface area contributed by atoms with Gasteiger partial charge in [0.2, 0.25) is 23.6 Å². The molecule has 0 unspecified atom stereocenters. The molecule has 6 rings (SSSR count). The predicted molar refractivity (Wildman–Crippen MR) is 133 cm³/mol. The van der Waals surface area contributed by atoms with Crippen LogP contribution in [0, 0.1) is 29.1 Å². The molecule has 4 amide bonds. The molecule has 1 saturated carbocycles. The summed E-state index contributed by atoms with van der Waals surface area (Å²) >= 11 is 0. The Morgan fingerprint density at radius 2 is 1.68 bits per heavy atom. The zero-order chi connectivity index (χ0) is 26.2. The quantitative estimate of drug-likeness (QED) is 0.513. The van der Waals surface area contributed by atoms with Crippen molar-refractivity contribution in [2.75, 3.05) is 19.1 Å². The third-order valence-electron chi connectivity index (χ3n) is 9.06. The first-order valence-electron chi connectivity index (χ1n) is 12.5. The van der Waals surface area contributed by atoms with Crippen molar-refractivity contribution in [3.8, 4) is 11.5 Å². The molecule has 0 aromatic heterocycles. The van der Waals surface area contributed by atoms with Gasteiger partial charge in [-0.2, -0.15) is 0 Å². The van der Waals surface area contributed by atoms with Crippen molar-refractivity contribution in [1.29, 1.82) is 0 Å². The molecule has 2 heterocycles. The summed E-state index contributed by atoms with van der Waals surface area (Å²) in [5, 5.41) is 11.1. The molecule has 4 aliphatic rings. The largest absolute Gasteiger partial charge is 0.508 e. The van der Waals surface area contributed by atoms with E-state index in [1.807, 2.05) is 12.1 Å². The topological polar surface area (TPSA) is 104 Å². The Balaban J connectivity index is 1.59. The molecule has 1 N–H and O–H groups in total. The normalized spacial score (nSPS) is 32.7. The van der Waals surface area contributed by atoms with Crippen LogP contribution in [0.25, 0.3) is 0 Å². The molecule has 2 aliphatic heterocycles. The van der Waals surface area contributed by atoms with E-state index in [4.69, 9.17) is 4.74 Å². The number of ether oxygens (including phenoxy) is 1. The number of aromatic hydroxyl groups is 1. The van der Waals surface area contributed by atoms with Crippen molar-refractivity contribution < 1.29 is 29.0 Å². The fourth-order valence-corrected chi connectivity index (χ4v) is 7.30. The molecular weight excluding hydrogens is 472 g/mol. The highest BCUT2D eigenvalue weighted by atomic mass is 16.5. The lowest BCUT2D eigenvalue weighted by molar-refractivity contribution is -0.138. The first kappa shape index (κ1) is 23.5. The van der Waals surface area contributed by atoms with Crippen molar-refractivity contribution in [2.45, 2.75) is 25.7 Å². The number of likely N-dealkylation sites (tertiary alicyclic amines) is 1. The highest BCUT2D eigenvalue weighted by molar-refractivity contribution is 6.24. The smallest absolute Gasteiger partial charge is 0.241 e. The molecule has 3 fully saturated rings. The highest BCUT2D eigenvalue weighted by Crippen LogP contribution is 2.65. The number of hydrogen-bond acceptors (Lipinski definition) is 6. The molecule has 8 heteroatoms. The van der Waals surface area contributed by atoms with Gasteiger partial charge < -0.3 is 9.84 Å². The number of phenolic OH excluding ortho intramolecular Hbond substituents is 1. The van der Waals surface area contributed by atoms with E-state index in [2.05, 4.69) is 0 Å². The number of anilines is 1. The number of imide groups is 2. The van der Waals surface area contributed by atoms with E-state index >= 15 is 0 Å². The Bertz CT molecular complexity index is 1380. The second kappa shape index (κ2) is 8.03. The minimum absolute atomic E-state index is 0.0441. The Kier molecular flexibility index (Phi) is 5.09. The average molecular weight is 501 g/mol. The molecule has 0 bridgehead atoms. The van der Waals surface area contributed by atoms with Crippen LogP contribution in [0.15, 0.2) is 60.2 Å². The van der Waals surface area contributed by atoms with E-state index < -0.39 is 35.0 Å². The Morgan fingerprint density at radius 1 is 0.946 bits per heavy atom. The first-order chi connectivity index (χ1) is 17.7. The number of rotatable bonds is 3. The predicted octanol–water partition coefficient (Wildman–Crippen LogP) is 3.26. The van der Waals surface area contributed by atoms with Gasteiger partial charge in [-0.1, -0.05) is 35.9 Å². The van der Waals surface area contributed by atoms with Crippen molar-refractivity contribution in [1.82, 2.24) is 4.90 Å². The van der Waals surface area contributed by atoms with Crippen LogP contribution in [0.5, 0.6) is 11.5 Å². The Hall–Kier alpha value is -3.94. The van der Waals surface area contributed by atoms with E-state index in [0.717, 1.165) is 5.57 Å². The summed E-state index contributed by atoms with van der Waals surface area (Å²) in [7, 11) is 3.00. The summed E-state index contributed by atoms with van der Waals surface area (Å²) in [5.74, 6) is -3.76. The molecule has 2 aromatic carbocycles. The van der Waals surface area contributed by atoms with Crippen LogP contribution in [0.4, 0.5) is 5.69 Å². The van der Waals surface area contributed by atoms with E-state index in [-0.39, 0.29) is 35.8 Å². The fourth-order valence-electron chi connectivity index (χ4n) is 7.30. The summed E-state index contributed by atoms with van der Waals surface area (Å²) < 4.78 is 5.64. The summed E-state index contributed by atoms with van der Waals surface area (Å²) in [5.41, 5.74) is 0.490. The molecular formula is C29H28N2O6. The van der Waals surface area contributed by atoms with Crippen LogP contribution in [0.3, 0.4) is 0 Å². The number of hydrogen-bond donors (Lipinski definition) is 1. The van der Waals surface area contributed by atoms with Gasteiger partial charge in [0.25, 0.3) is 0 Å². The summed E-state index contributed by atoms with van der Waals surface area (Å²) in [4.78, 5) is 56.8. The van der Waals surface area contributed by atoms with Gasteiger partial charge in [0.05, 0.1) is 36.0 Å². The number of fused-ring (bicyclic) bond motifs is 4. The van der Waals surface area contributed by atoms with Gasteiger partial charge >= 0.3 is 0 Å². The molecule has 2 aromatic rings. The molecule has 2 aliphatic carbocycles. The third kappa shape index (κ3) is 2.95. The van der Waals surface area contributed by atoms with Gasteiger partial charge in [0.15, 0.2) is 0 Å². The number of para-hydroxylation sites is 1. The van der Waals surface area contributed by atoms with Crippen LogP contribution in [-0.4, -0.2) is 47.8 Å². The Labute approximate surface area is 214 Å². The molecule has 0 spiro atoms. The van der Waals surface area contributed by atoms with Crippen molar-refractivity contribution in [3.63, 3.8) is 0 Å². The monoisotopic (exact) mass is 500 g/mol. The van der Waals surface area contributed by atoms with Crippen molar-refractivity contribution in [3.05, 3.63) is 65.7 Å². The van der Waals surface area contributed by atoms with Gasteiger partial charge in [-0.3, -0.25) is 24.1 Å². The summed E-state index contributed by atoms with van der Waals surface area (Å²) in [6.07, 6.45) is 2.59. The molecule has 2 saturated heterocycles. The standard InChI is InChI=1S/C29H28N2O6/c1-29-19(26(34)31(28(29)36)15-8-5-4-6-9-15)14-18-16(12-13-17-22(18)27(35)30(2)25(17)33)24(29)23-20(32)10-7-11-21(23)37-3/h4-12,17-19,22,24,32H,13-14H2,1-3H3/t17-,18+,19-,22-,24+,29+/m0/s1. The number of benzene rings is 2. The number of phenols is 1. The van der Waals surface area contributed by atoms with Crippen molar-refractivity contribution in [2.24, 2.45) is 29.1 Å². The maximum absolute atomic E-state index is 14.3. The average Bonchev–Trinajstić information content (AvgIpc) is 3.24. The van der Waals surface area contributed by atoms with Gasteiger partial charge in [-0.05, 0) is 49.9 Å². The lowest BCUT2D eigenvalue weighted by Gasteiger charge is -2.49. The molecule has 6 atom stereocenters. The van der Waals surface area contributed by atoms with E-state index in [1.165, 1.54) is 24.0 Å². The minimum atomic E-state index is -1.23. The van der Waals surface area contributed by atoms with Crippen LogP contribution in [-0.2, 0) is 19.2 Å². The van der Waals surface area contributed by atoms with Gasteiger partial charge in [-0.15, -0.1) is 0 Å². The zero-order valence-corrected chi connectivity index (χ0v) is 20.9. The van der Waals surface area contributed by atoms with Gasteiger partial charge in [-0.25, -0.2) is 4.90 Å². The number of nitrogens with zero attached hydrogens (tertiary/aromatic N) is 2. The van der Waals surface area contributed by atoms with Crippen LogP contribution >= 0.6 is 0 Å². The van der Waals surface area contributed by atoms with E-state index in [0.29, 0.717) is 23.4 Å². The molecule has 37 heavy (non-hydrogen) atoms. The molecule has 190 valence electrons. The minimum Gasteiger partial charge on any atom is -0.508 e. The molecule has 0 radical (unpaired) electrons.